The van der Waals surface area contributed by atoms with Crippen LogP contribution in [0.2, 0.25) is 0 Å². The standard InChI is InChI=1S/C16H25NO/c1-4-15-6-5-7-16(10-15)12-17-9-8-13(2)18-14(3)11-17/h5-7,10,13-14H,4,8-9,11-12H2,1-3H3. The van der Waals surface area contributed by atoms with Crippen molar-refractivity contribution in [2.24, 2.45) is 0 Å². The minimum atomic E-state index is 0.344. The molecule has 100 valence electrons. The quantitative estimate of drug-likeness (QED) is 0.813. The van der Waals surface area contributed by atoms with Crippen molar-refractivity contribution in [1.82, 2.24) is 4.90 Å². The van der Waals surface area contributed by atoms with Crippen LogP contribution in [0.15, 0.2) is 24.3 Å². The zero-order chi connectivity index (χ0) is 13.0. The molecule has 1 saturated heterocycles. The van der Waals surface area contributed by atoms with E-state index in [1.807, 2.05) is 0 Å². The summed E-state index contributed by atoms with van der Waals surface area (Å²) in [6.45, 7) is 9.80. The number of ether oxygens (including phenoxy) is 1. The topological polar surface area (TPSA) is 12.5 Å². The molecule has 2 nitrogen and oxygen atoms in total. The van der Waals surface area contributed by atoms with Gasteiger partial charge in [-0.1, -0.05) is 31.2 Å². The molecule has 0 spiro atoms. The van der Waals surface area contributed by atoms with Crippen LogP contribution in [0.1, 0.15) is 38.3 Å². The maximum absolute atomic E-state index is 5.88. The molecule has 0 aliphatic carbocycles. The molecule has 1 fully saturated rings. The summed E-state index contributed by atoms with van der Waals surface area (Å²) in [7, 11) is 0. The van der Waals surface area contributed by atoms with E-state index < -0.39 is 0 Å². The van der Waals surface area contributed by atoms with E-state index in [1.165, 1.54) is 11.1 Å². The number of hydrogen-bond donors (Lipinski definition) is 0. The van der Waals surface area contributed by atoms with Crippen molar-refractivity contribution < 1.29 is 4.74 Å². The molecule has 2 atom stereocenters. The average molecular weight is 247 g/mol. The molecular weight excluding hydrogens is 222 g/mol. The third kappa shape index (κ3) is 3.82. The fourth-order valence-corrected chi connectivity index (χ4v) is 2.68. The van der Waals surface area contributed by atoms with E-state index in [4.69, 9.17) is 4.74 Å². The monoisotopic (exact) mass is 247 g/mol. The largest absolute Gasteiger partial charge is 0.374 e. The van der Waals surface area contributed by atoms with Crippen LogP contribution in [0.3, 0.4) is 0 Å². The Morgan fingerprint density at radius 1 is 1.22 bits per heavy atom. The van der Waals surface area contributed by atoms with E-state index in [-0.39, 0.29) is 0 Å². The van der Waals surface area contributed by atoms with Gasteiger partial charge in [0.2, 0.25) is 0 Å². The second kappa shape index (κ2) is 6.35. The highest BCUT2D eigenvalue weighted by molar-refractivity contribution is 5.23. The van der Waals surface area contributed by atoms with Crippen LogP contribution in [0.25, 0.3) is 0 Å². The molecule has 0 bridgehead atoms. The van der Waals surface area contributed by atoms with E-state index in [2.05, 4.69) is 49.9 Å². The summed E-state index contributed by atoms with van der Waals surface area (Å²) < 4.78 is 5.88. The molecule has 1 aliphatic heterocycles. The van der Waals surface area contributed by atoms with E-state index in [9.17, 15) is 0 Å². The molecule has 1 aromatic carbocycles. The van der Waals surface area contributed by atoms with Gasteiger partial charge in [-0.25, -0.2) is 0 Å². The van der Waals surface area contributed by atoms with Crippen molar-refractivity contribution in [3.8, 4) is 0 Å². The third-order valence-electron chi connectivity index (χ3n) is 3.64. The smallest absolute Gasteiger partial charge is 0.0677 e. The highest BCUT2D eigenvalue weighted by Gasteiger charge is 2.19. The van der Waals surface area contributed by atoms with Crippen LogP contribution < -0.4 is 0 Å². The summed E-state index contributed by atoms with van der Waals surface area (Å²) in [5, 5.41) is 0. The Morgan fingerprint density at radius 3 is 2.78 bits per heavy atom. The number of hydrogen-bond acceptors (Lipinski definition) is 2. The Bertz CT molecular complexity index is 377. The lowest BCUT2D eigenvalue weighted by Crippen LogP contribution is -2.29. The highest BCUT2D eigenvalue weighted by atomic mass is 16.5. The van der Waals surface area contributed by atoms with Gasteiger partial charge in [-0.2, -0.15) is 0 Å². The Labute approximate surface area is 111 Å². The molecule has 2 rings (SSSR count). The molecule has 1 aromatic rings. The van der Waals surface area contributed by atoms with Gasteiger partial charge in [0.05, 0.1) is 12.2 Å². The lowest BCUT2D eigenvalue weighted by Gasteiger charge is -2.22. The fraction of sp³-hybridized carbons (Fsp3) is 0.625. The summed E-state index contributed by atoms with van der Waals surface area (Å²) in [5.74, 6) is 0. The second-order valence-corrected chi connectivity index (χ2v) is 5.45. The first-order valence-corrected chi connectivity index (χ1v) is 7.13. The molecular formula is C16H25NO. The lowest BCUT2D eigenvalue weighted by molar-refractivity contribution is 0.0138. The molecule has 1 heterocycles. The molecule has 1 aliphatic rings. The third-order valence-corrected chi connectivity index (χ3v) is 3.64. The fourth-order valence-electron chi connectivity index (χ4n) is 2.68. The van der Waals surface area contributed by atoms with Crippen molar-refractivity contribution in [3.63, 3.8) is 0 Å². The highest BCUT2D eigenvalue weighted by Crippen LogP contribution is 2.15. The second-order valence-electron chi connectivity index (χ2n) is 5.45. The van der Waals surface area contributed by atoms with Crippen LogP contribution in [0.4, 0.5) is 0 Å². The minimum absolute atomic E-state index is 0.344. The zero-order valence-corrected chi connectivity index (χ0v) is 11.9. The summed E-state index contributed by atoms with van der Waals surface area (Å²) in [4.78, 5) is 2.52. The molecule has 0 aromatic heterocycles. The molecule has 0 N–H and O–H groups in total. The average Bonchev–Trinajstić information content (AvgIpc) is 2.50. The van der Waals surface area contributed by atoms with Gasteiger partial charge < -0.3 is 4.74 Å². The van der Waals surface area contributed by atoms with Crippen molar-refractivity contribution >= 4 is 0 Å². The van der Waals surface area contributed by atoms with Crippen molar-refractivity contribution in [2.45, 2.75) is 52.4 Å². The summed E-state index contributed by atoms with van der Waals surface area (Å²) in [6, 6.07) is 8.95. The van der Waals surface area contributed by atoms with Crippen LogP contribution in [0.5, 0.6) is 0 Å². The maximum Gasteiger partial charge on any atom is 0.0677 e. The van der Waals surface area contributed by atoms with Crippen LogP contribution in [-0.4, -0.2) is 30.2 Å². The van der Waals surface area contributed by atoms with Gasteiger partial charge >= 0.3 is 0 Å². The van der Waals surface area contributed by atoms with Gasteiger partial charge in [0.25, 0.3) is 0 Å². The molecule has 18 heavy (non-hydrogen) atoms. The zero-order valence-electron chi connectivity index (χ0n) is 11.9. The molecule has 0 saturated carbocycles. The van der Waals surface area contributed by atoms with Crippen molar-refractivity contribution in [1.29, 1.82) is 0 Å². The van der Waals surface area contributed by atoms with E-state index in [1.54, 1.807) is 0 Å². The lowest BCUT2D eigenvalue weighted by atomic mass is 10.1. The SMILES string of the molecule is CCc1cccc(CN2CCC(C)OC(C)C2)c1. The van der Waals surface area contributed by atoms with Gasteiger partial charge in [-0.05, 0) is 37.8 Å². The van der Waals surface area contributed by atoms with Crippen molar-refractivity contribution in [2.75, 3.05) is 13.1 Å². The van der Waals surface area contributed by atoms with Crippen molar-refractivity contribution in [3.05, 3.63) is 35.4 Å². The Hall–Kier alpha value is -0.860. The number of benzene rings is 1. The Kier molecular flexibility index (Phi) is 4.79. The summed E-state index contributed by atoms with van der Waals surface area (Å²) in [6.07, 6.45) is 2.99. The Morgan fingerprint density at radius 2 is 2.00 bits per heavy atom. The minimum Gasteiger partial charge on any atom is -0.374 e. The number of aryl methyl sites for hydroxylation is 1. The Balaban J connectivity index is 1.99. The van der Waals surface area contributed by atoms with Crippen LogP contribution in [0, 0.1) is 0 Å². The predicted molar refractivity (Wildman–Crippen MR) is 75.7 cm³/mol. The van der Waals surface area contributed by atoms with Gasteiger partial charge in [0.1, 0.15) is 0 Å². The van der Waals surface area contributed by atoms with Crippen LogP contribution in [-0.2, 0) is 17.7 Å². The predicted octanol–water partition coefficient (Wildman–Crippen LogP) is 3.25. The molecule has 2 unspecified atom stereocenters. The van der Waals surface area contributed by atoms with Crippen LogP contribution >= 0.6 is 0 Å². The van der Waals surface area contributed by atoms with E-state index in [0.29, 0.717) is 12.2 Å². The molecule has 0 amide bonds. The molecule has 2 heteroatoms. The first kappa shape index (κ1) is 13.6. The van der Waals surface area contributed by atoms with Gasteiger partial charge in [-0.3, -0.25) is 4.90 Å². The van der Waals surface area contributed by atoms with Gasteiger partial charge in [0, 0.05) is 19.6 Å². The van der Waals surface area contributed by atoms with Gasteiger partial charge in [0.15, 0.2) is 0 Å². The molecule has 0 radical (unpaired) electrons. The van der Waals surface area contributed by atoms with E-state index in [0.717, 1.165) is 32.5 Å². The first-order chi connectivity index (χ1) is 8.67. The van der Waals surface area contributed by atoms with E-state index >= 15 is 0 Å². The number of nitrogens with zero attached hydrogens (tertiary/aromatic N) is 1. The normalized spacial score (nSPS) is 25.9. The maximum atomic E-state index is 5.88. The first-order valence-electron chi connectivity index (χ1n) is 7.13. The number of rotatable bonds is 3. The summed E-state index contributed by atoms with van der Waals surface area (Å²) in [5.41, 5.74) is 2.86. The summed E-state index contributed by atoms with van der Waals surface area (Å²) >= 11 is 0. The van der Waals surface area contributed by atoms with Gasteiger partial charge in [-0.15, -0.1) is 0 Å².